The van der Waals surface area contributed by atoms with Gasteiger partial charge in [0.1, 0.15) is 11.0 Å². The molecule has 0 aliphatic rings. The fraction of sp³-hybridized carbons (Fsp3) is 0.562. The summed E-state index contributed by atoms with van der Waals surface area (Å²) in [7, 11) is 0. The summed E-state index contributed by atoms with van der Waals surface area (Å²) in [4.78, 5) is 36.2. The second kappa shape index (κ2) is 9.29. The van der Waals surface area contributed by atoms with Gasteiger partial charge in [-0.15, -0.1) is 11.3 Å². The molecule has 3 N–H and O–H groups in total. The topological polar surface area (TPSA) is 95.5 Å². The minimum atomic E-state index is -1.04. The molecule has 0 saturated carbocycles. The van der Waals surface area contributed by atoms with E-state index in [1.165, 1.54) is 11.3 Å². The van der Waals surface area contributed by atoms with Crippen LogP contribution >= 0.6 is 11.3 Å². The number of nitrogens with one attached hydrogen (secondary N) is 2. The molecule has 0 aliphatic heterocycles. The first-order valence-corrected chi connectivity index (χ1v) is 8.70. The van der Waals surface area contributed by atoms with Crippen molar-refractivity contribution in [1.82, 2.24) is 5.32 Å². The summed E-state index contributed by atoms with van der Waals surface area (Å²) in [6, 6.07) is 0.798. The maximum atomic E-state index is 12.4. The third-order valence-corrected chi connectivity index (χ3v) is 4.59. The van der Waals surface area contributed by atoms with Crippen LogP contribution in [0.2, 0.25) is 0 Å². The Labute approximate surface area is 140 Å². The molecular weight excluding hydrogens is 316 g/mol. The van der Waals surface area contributed by atoms with Gasteiger partial charge in [0.15, 0.2) is 0 Å². The number of carbonyl (C=O) groups is 3. The highest BCUT2D eigenvalue weighted by atomic mass is 32.1. The van der Waals surface area contributed by atoms with Crippen LogP contribution < -0.4 is 10.6 Å². The quantitative estimate of drug-likeness (QED) is 0.644. The molecule has 1 aromatic heterocycles. The summed E-state index contributed by atoms with van der Waals surface area (Å²) in [5, 5.41) is 15.0. The highest BCUT2D eigenvalue weighted by Gasteiger charge is 2.23. The molecule has 1 unspecified atom stereocenters. The Morgan fingerprint density at radius 2 is 1.96 bits per heavy atom. The fourth-order valence-corrected chi connectivity index (χ4v) is 3.00. The molecular formula is C16H24N2O4S. The van der Waals surface area contributed by atoms with Gasteiger partial charge in [0.25, 0.3) is 5.91 Å². The van der Waals surface area contributed by atoms with Crippen molar-refractivity contribution >= 4 is 34.1 Å². The van der Waals surface area contributed by atoms with Gasteiger partial charge in [0.05, 0.1) is 5.56 Å². The van der Waals surface area contributed by atoms with Gasteiger partial charge in [0.2, 0.25) is 5.91 Å². The van der Waals surface area contributed by atoms with Crippen LogP contribution in [0.5, 0.6) is 0 Å². The molecule has 1 atom stereocenters. The van der Waals surface area contributed by atoms with Crippen LogP contribution in [0.4, 0.5) is 5.00 Å². The number of amides is 2. The lowest BCUT2D eigenvalue weighted by molar-refractivity contribution is -0.139. The molecule has 2 amide bonds. The van der Waals surface area contributed by atoms with E-state index in [9.17, 15) is 19.5 Å². The Hall–Kier alpha value is -1.89. The molecule has 0 aromatic carbocycles. The Kier molecular flexibility index (Phi) is 7.74. The highest BCUT2D eigenvalue weighted by Crippen LogP contribution is 2.29. The van der Waals surface area contributed by atoms with E-state index in [0.29, 0.717) is 23.4 Å². The average molecular weight is 340 g/mol. The molecule has 128 valence electrons. The van der Waals surface area contributed by atoms with Gasteiger partial charge in [-0.3, -0.25) is 9.59 Å². The standard InChI is InChI=1S/C16H24N2O4S/c1-4-7-8-12(16(21)22)17-14(20)11-9-10(5-2)23-15(11)18-13(19)6-3/h9,12H,4-8H2,1-3H3,(H,17,20)(H,18,19)(H,21,22). The lowest BCUT2D eigenvalue weighted by Crippen LogP contribution is -2.40. The number of carbonyl (C=O) groups excluding carboxylic acids is 2. The molecule has 23 heavy (non-hydrogen) atoms. The monoisotopic (exact) mass is 340 g/mol. The molecule has 1 aromatic rings. The van der Waals surface area contributed by atoms with Crippen molar-refractivity contribution in [3.8, 4) is 0 Å². The van der Waals surface area contributed by atoms with Gasteiger partial charge in [-0.25, -0.2) is 4.79 Å². The minimum Gasteiger partial charge on any atom is -0.480 e. The van der Waals surface area contributed by atoms with Crippen LogP contribution in [0.25, 0.3) is 0 Å². The predicted octanol–water partition coefficient (Wildman–Crippen LogP) is 3.03. The summed E-state index contributed by atoms with van der Waals surface area (Å²) in [5.41, 5.74) is 0.330. The Bertz CT molecular complexity index is 568. The van der Waals surface area contributed by atoms with Crippen molar-refractivity contribution in [3.05, 3.63) is 16.5 Å². The molecule has 0 aliphatic carbocycles. The fourth-order valence-electron chi connectivity index (χ4n) is 1.99. The van der Waals surface area contributed by atoms with E-state index in [4.69, 9.17) is 0 Å². The van der Waals surface area contributed by atoms with Gasteiger partial charge in [-0.2, -0.15) is 0 Å². The van der Waals surface area contributed by atoms with Crippen molar-refractivity contribution in [2.45, 2.75) is 58.9 Å². The van der Waals surface area contributed by atoms with E-state index in [1.54, 1.807) is 13.0 Å². The molecule has 0 bridgehead atoms. The van der Waals surface area contributed by atoms with Crippen molar-refractivity contribution in [1.29, 1.82) is 0 Å². The molecule has 1 heterocycles. The van der Waals surface area contributed by atoms with Gasteiger partial charge in [-0.1, -0.05) is 33.6 Å². The first kappa shape index (κ1) is 19.2. The number of carboxylic acid groups (broad SMARTS) is 1. The number of unbranched alkanes of at least 4 members (excludes halogenated alkanes) is 1. The molecule has 0 fully saturated rings. The third kappa shape index (κ3) is 5.67. The second-order valence-electron chi connectivity index (χ2n) is 5.22. The van der Waals surface area contributed by atoms with E-state index in [0.717, 1.165) is 24.1 Å². The number of anilines is 1. The van der Waals surface area contributed by atoms with E-state index in [-0.39, 0.29) is 5.91 Å². The van der Waals surface area contributed by atoms with Crippen LogP contribution in [0.15, 0.2) is 6.07 Å². The smallest absolute Gasteiger partial charge is 0.326 e. The lowest BCUT2D eigenvalue weighted by atomic mass is 10.1. The van der Waals surface area contributed by atoms with Gasteiger partial charge < -0.3 is 15.7 Å². The van der Waals surface area contributed by atoms with E-state index in [2.05, 4.69) is 10.6 Å². The molecule has 6 nitrogen and oxygen atoms in total. The van der Waals surface area contributed by atoms with Crippen molar-refractivity contribution < 1.29 is 19.5 Å². The maximum Gasteiger partial charge on any atom is 0.326 e. The first-order chi connectivity index (χ1) is 10.9. The molecule has 0 saturated heterocycles. The van der Waals surface area contributed by atoms with Crippen LogP contribution in [0.1, 0.15) is 61.7 Å². The normalized spacial score (nSPS) is 11.8. The Morgan fingerprint density at radius 1 is 1.26 bits per heavy atom. The number of hydrogen-bond donors (Lipinski definition) is 3. The number of thiophene rings is 1. The van der Waals surface area contributed by atoms with Gasteiger partial charge in [0, 0.05) is 11.3 Å². The van der Waals surface area contributed by atoms with Gasteiger partial charge >= 0.3 is 5.97 Å². The third-order valence-electron chi connectivity index (χ3n) is 3.40. The zero-order valence-corrected chi connectivity index (χ0v) is 14.6. The Morgan fingerprint density at radius 3 is 2.48 bits per heavy atom. The first-order valence-electron chi connectivity index (χ1n) is 7.89. The average Bonchev–Trinajstić information content (AvgIpc) is 2.93. The van der Waals surface area contributed by atoms with Crippen molar-refractivity contribution in [3.63, 3.8) is 0 Å². The van der Waals surface area contributed by atoms with E-state index >= 15 is 0 Å². The molecule has 1 rings (SSSR count). The largest absolute Gasteiger partial charge is 0.480 e. The summed E-state index contributed by atoms with van der Waals surface area (Å²) in [5.74, 6) is -1.68. The van der Waals surface area contributed by atoms with Crippen LogP contribution in [0.3, 0.4) is 0 Å². The summed E-state index contributed by atoms with van der Waals surface area (Å²) >= 11 is 1.34. The van der Waals surface area contributed by atoms with Crippen LogP contribution in [0, 0.1) is 0 Å². The SMILES string of the molecule is CCCCC(NC(=O)c1cc(CC)sc1NC(=O)CC)C(=O)O. The lowest BCUT2D eigenvalue weighted by Gasteiger charge is -2.14. The molecule has 7 heteroatoms. The summed E-state index contributed by atoms with van der Waals surface area (Å²) in [6.45, 7) is 5.65. The maximum absolute atomic E-state index is 12.4. The van der Waals surface area contributed by atoms with E-state index < -0.39 is 17.9 Å². The summed E-state index contributed by atoms with van der Waals surface area (Å²) < 4.78 is 0. The van der Waals surface area contributed by atoms with E-state index in [1.807, 2.05) is 13.8 Å². The highest BCUT2D eigenvalue weighted by molar-refractivity contribution is 7.16. The van der Waals surface area contributed by atoms with Gasteiger partial charge in [-0.05, 0) is 18.9 Å². The molecule has 0 spiro atoms. The minimum absolute atomic E-state index is 0.177. The predicted molar refractivity (Wildman–Crippen MR) is 91.0 cm³/mol. The zero-order valence-electron chi connectivity index (χ0n) is 13.8. The number of hydrogen-bond acceptors (Lipinski definition) is 4. The Balaban J connectivity index is 2.94. The number of aliphatic carboxylic acids is 1. The second-order valence-corrected chi connectivity index (χ2v) is 6.35. The van der Waals surface area contributed by atoms with Crippen LogP contribution in [-0.4, -0.2) is 28.9 Å². The number of rotatable bonds is 9. The number of aryl methyl sites for hydroxylation is 1. The van der Waals surface area contributed by atoms with Crippen molar-refractivity contribution in [2.24, 2.45) is 0 Å². The van der Waals surface area contributed by atoms with Crippen LogP contribution in [-0.2, 0) is 16.0 Å². The number of carboxylic acids is 1. The summed E-state index contributed by atoms with van der Waals surface area (Å²) in [6.07, 6.45) is 3.02. The van der Waals surface area contributed by atoms with Crippen molar-refractivity contribution in [2.75, 3.05) is 5.32 Å². The zero-order chi connectivity index (χ0) is 17.4. The molecule has 0 radical (unpaired) electrons.